The number of hydrogen-bond donors (Lipinski definition) is 0. The summed E-state index contributed by atoms with van der Waals surface area (Å²) in [5.41, 5.74) is 3.58. The van der Waals surface area contributed by atoms with E-state index in [-0.39, 0.29) is 0 Å². The van der Waals surface area contributed by atoms with Gasteiger partial charge in [0.15, 0.2) is 0 Å². The van der Waals surface area contributed by atoms with Crippen LogP contribution in [-0.2, 0) is 0 Å². The molecule has 108 valence electrons. The fourth-order valence-corrected chi connectivity index (χ4v) is 2.15. The molecule has 0 spiro atoms. The van der Waals surface area contributed by atoms with Crippen LogP contribution in [0.15, 0.2) is 78.9 Å². The van der Waals surface area contributed by atoms with Gasteiger partial charge in [0.25, 0.3) is 0 Å². The van der Waals surface area contributed by atoms with Crippen LogP contribution in [0.2, 0.25) is 0 Å². The van der Waals surface area contributed by atoms with Gasteiger partial charge in [-0.25, -0.2) is 0 Å². The Morgan fingerprint density at radius 3 is 1.68 bits per heavy atom. The summed E-state index contributed by atoms with van der Waals surface area (Å²) < 4.78 is 5.83. The van der Waals surface area contributed by atoms with Gasteiger partial charge in [-0.3, -0.25) is 0 Å². The molecule has 0 saturated carbocycles. The Balaban J connectivity index is 1.67. The second-order valence-corrected chi connectivity index (χ2v) is 5.23. The summed E-state index contributed by atoms with van der Waals surface area (Å²) in [5.74, 6) is 1.71. The molecule has 0 unspecified atom stereocenters. The van der Waals surface area contributed by atoms with Gasteiger partial charge in [-0.2, -0.15) is 0 Å². The Bertz CT molecular complexity index is 738. The van der Waals surface area contributed by atoms with E-state index in [1.807, 2.05) is 54.6 Å². The predicted molar refractivity (Wildman–Crippen MR) is 93.1 cm³/mol. The zero-order valence-electron chi connectivity index (χ0n) is 12.6. The Labute approximate surface area is 131 Å². The lowest BCUT2D eigenvalue weighted by atomic mass is 10.1. The topological polar surface area (TPSA) is 9.23 Å². The lowest BCUT2D eigenvalue weighted by Gasteiger charge is -2.06. The van der Waals surface area contributed by atoms with Crippen LogP contribution in [-0.4, -0.2) is 0 Å². The fraction of sp³-hybridized carbons (Fsp3) is 0.0476. The summed E-state index contributed by atoms with van der Waals surface area (Å²) in [6, 6.07) is 26.4. The number of rotatable bonds is 4. The summed E-state index contributed by atoms with van der Waals surface area (Å²) in [6.45, 7) is 2.07. The molecular formula is C21H18O. The fourth-order valence-electron chi connectivity index (χ4n) is 2.15. The Hall–Kier alpha value is -2.80. The second kappa shape index (κ2) is 6.77. The molecule has 0 N–H and O–H groups in total. The van der Waals surface area contributed by atoms with Crippen LogP contribution in [0.25, 0.3) is 12.2 Å². The Morgan fingerprint density at radius 2 is 1.09 bits per heavy atom. The lowest BCUT2D eigenvalue weighted by Crippen LogP contribution is -1.84. The molecule has 0 aliphatic rings. The maximum absolute atomic E-state index is 5.83. The van der Waals surface area contributed by atoms with E-state index in [0.717, 1.165) is 17.1 Å². The minimum atomic E-state index is 0.848. The van der Waals surface area contributed by atoms with Gasteiger partial charge in [-0.05, 0) is 42.3 Å². The third-order valence-corrected chi connectivity index (χ3v) is 3.40. The first kappa shape index (κ1) is 14.2. The predicted octanol–water partition coefficient (Wildman–Crippen LogP) is 5.96. The van der Waals surface area contributed by atoms with Crippen LogP contribution < -0.4 is 4.74 Å². The van der Waals surface area contributed by atoms with Crippen LogP contribution >= 0.6 is 0 Å². The SMILES string of the molecule is Cc1ccc(Oc2ccc(/C=C/c3ccccc3)cc2)cc1. The van der Waals surface area contributed by atoms with E-state index < -0.39 is 0 Å². The lowest BCUT2D eigenvalue weighted by molar-refractivity contribution is 0.482. The average Bonchev–Trinajstić information content (AvgIpc) is 2.57. The van der Waals surface area contributed by atoms with Crippen molar-refractivity contribution in [2.24, 2.45) is 0 Å². The van der Waals surface area contributed by atoms with Crippen molar-refractivity contribution in [2.45, 2.75) is 6.92 Å². The highest BCUT2D eigenvalue weighted by Crippen LogP contribution is 2.22. The smallest absolute Gasteiger partial charge is 0.127 e. The van der Waals surface area contributed by atoms with Gasteiger partial charge >= 0.3 is 0 Å². The van der Waals surface area contributed by atoms with Crippen molar-refractivity contribution >= 4 is 12.2 Å². The van der Waals surface area contributed by atoms with Crippen LogP contribution in [0.5, 0.6) is 11.5 Å². The molecule has 1 nitrogen and oxygen atoms in total. The standard InChI is InChI=1S/C21H18O/c1-17-7-13-20(14-8-17)22-21-15-11-19(12-16-21)10-9-18-5-3-2-4-6-18/h2-16H,1H3/b10-9+. The average molecular weight is 286 g/mol. The normalized spacial score (nSPS) is 10.8. The molecule has 3 rings (SSSR count). The highest BCUT2D eigenvalue weighted by Gasteiger charge is 1.97. The van der Waals surface area contributed by atoms with Gasteiger partial charge in [0.1, 0.15) is 11.5 Å². The molecule has 0 atom stereocenters. The van der Waals surface area contributed by atoms with Crippen molar-refractivity contribution in [1.82, 2.24) is 0 Å². The molecule has 0 saturated heterocycles. The molecule has 0 bridgehead atoms. The quantitative estimate of drug-likeness (QED) is 0.538. The molecular weight excluding hydrogens is 268 g/mol. The minimum Gasteiger partial charge on any atom is -0.457 e. The third-order valence-electron chi connectivity index (χ3n) is 3.40. The van der Waals surface area contributed by atoms with Crippen molar-refractivity contribution in [3.05, 3.63) is 95.6 Å². The van der Waals surface area contributed by atoms with Crippen molar-refractivity contribution in [1.29, 1.82) is 0 Å². The zero-order chi connectivity index (χ0) is 15.2. The van der Waals surface area contributed by atoms with Gasteiger partial charge in [-0.15, -0.1) is 0 Å². The summed E-state index contributed by atoms with van der Waals surface area (Å²) >= 11 is 0. The number of hydrogen-bond acceptors (Lipinski definition) is 1. The monoisotopic (exact) mass is 286 g/mol. The van der Waals surface area contributed by atoms with Crippen LogP contribution in [0.4, 0.5) is 0 Å². The summed E-state index contributed by atoms with van der Waals surface area (Å²) in [6.07, 6.45) is 4.21. The number of ether oxygens (including phenoxy) is 1. The van der Waals surface area contributed by atoms with Crippen molar-refractivity contribution in [3.63, 3.8) is 0 Å². The molecule has 1 heteroatoms. The van der Waals surface area contributed by atoms with E-state index in [1.165, 1.54) is 11.1 Å². The first-order chi connectivity index (χ1) is 10.8. The van der Waals surface area contributed by atoms with Gasteiger partial charge in [0.05, 0.1) is 0 Å². The zero-order valence-corrected chi connectivity index (χ0v) is 12.6. The van der Waals surface area contributed by atoms with E-state index >= 15 is 0 Å². The minimum absolute atomic E-state index is 0.848. The first-order valence-corrected chi connectivity index (χ1v) is 7.37. The molecule has 0 aliphatic carbocycles. The first-order valence-electron chi connectivity index (χ1n) is 7.37. The molecule has 0 heterocycles. The van der Waals surface area contributed by atoms with Gasteiger partial charge in [0, 0.05) is 0 Å². The van der Waals surface area contributed by atoms with E-state index in [2.05, 4.69) is 43.3 Å². The van der Waals surface area contributed by atoms with E-state index in [0.29, 0.717) is 0 Å². The highest BCUT2D eigenvalue weighted by atomic mass is 16.5. The Kier molecular flexibility index (Phi) is 4.35. The number of benzene rings is 3. The summed E-state index contributed by atoms with van der Waals surface area (Å²) in [4.78, 5) is 0. The summed E-state index contributed by atoms with van der Waals surface area (Å²) in [5, 5.41) is 0. The van der Waals surface area contributed by atoms with Crippen molar-refractivity contribution < 1.29 is 4.74 Å². The van der Waals surface area contributed by atoms with Gasteiger partial charge < -0.3 is 4.74 Å². The maximum Gasteiger partial charge on any atom is 0.127 e. The molecule has 3 aromatic rings. The summed E-state index contributed by atoms with van der Waals surface area (Å²) in [7, 11) is 0. The largest absolute Gasteiger partial charge is 0.457 e. The molecule has 22 heavy (non-hydrogen) atoms. The maximum atomic E-state index is 5.83. The molecule has 0 fully saturated rings. The van der Waals surface area contributed by atoms with Gasteiger partial charge in [0.2, 0.25) is 0 Å². The second-order valence-electron chi connectivity index (χ2n) is 5.23. The van der Waals surface area contributed by atoms with Crippen molar-refractivity contribution in [3.8, 4) is 11.5 Å². The van der Waals surface area contributed by atoms with Crippen LogP contribution in [0, 0.1) is 6.92 Å². The molecule has 0 aliphatic heterocycles. The van der Waals surface area contributed by atoms with Gasteiger partial charge in [-0.1, -0.05) is 72.3 Å². The van der Waals surface area contributed by atoms with E-state index in [4.69, 9.17) is 4.74 Å². The highest BCUT2D eigenvalue weighted by molar-refractivity contribution is 5.69. The molecule has 0 radical (unpaired) electrons. The number of aryl methyl sites for hydroxylation is 1. The molecule has 0 aromatic heterocycles. The van der Waals surface area contributed by atoms with E-state index in [9.17, 15) is 0 Å². The third kappa shape index (κ3) is 3.86. The van der Waals surface area contributed by atoms with Crippen LogP contribution in [0.1, 0.15) is 16.7 Å². The van der Waals surface area contributed by atoms with Crippen LogP contribution in [0.3, 0.4) is 0 Å². The molecule has 3 aromatic carbocycles. The van der Waals surface area contributed by atoms with E-state index in [1.54, 1.807) is 0 Å². The van der Waals surface area contributed by atoms with Crippen molar-refractivity contribution in [2.75, 3.05) is 0 Å². The molecule has 0 amide bonds. The Morgan fingerprint density at radius 1 is 0.591 bits per heavy atom.